The van der Waals surface area contributed by atoms with Crippen LogP contribution in [0.1, 0.15) is 37.8 Å². The predicted molar refractivity (Wildman–Crippen MR) is 114 cm³/mol. The standard InChI is InChI=1S/C21H29N3O2S/c1-14(2)11-22-21(27)24(13-18-8-5-9-26-18)12-17-10-16-7-4-6-15(3)19(16)23-20(17)25/h4,6-7,10,14,18H,5,8-9,11-13H2,1-3H3,(H,22,27)(H,23,25)/t18-/m1/s1. The van der Waals surface area contributed by atoms with E-state index in [1.807, 2.05) is 31.2 Å². The van der Waals surface area contributed by atoms with Gasteiger partial charge in [-0.05, 0) is 54.9 Å². The average Bonchev–Trinajstić information content (AvgIpc) is 3.13. The van der Waals surface area contributed by atoms with Gasteiger partial charge in [0.05, 0.1) is 18.2 Å². The molecule has 0 aliphatic carbocycles. The maximum absolute atomic E-state index is 12.7. The molecular weight excluding hydrogens is 358 g/mol. The Hall–Kier alpha value is -1.92. The Morgan fingerprint density at radius 2 is 2.26 bits per heavy atom. The number of aromatic nitrogens is 1. The van der Waals surface area contributed by atoms with Crippen molar-refractivity contribution in [3.05, 3.63) is 45.7 Å². The predicted octanol–water partition coefficient (Wildman–Crippen LogP) is 3.35. The highest BCUT2D eigenvalue weighted by Crippen LogP contribution is 2.18. The monoisotopic (exact) mass is 387 g/mol. The maximum Gasteiger partial charge on any atom is 0.253 e. The zero-order valence-electron chi connectivity index (χ0n) is 16.4. The highest BCUT2D eigenvalue weighted by molar-refractivity contribution is 7.80. The molecule has 1 aliphatic rings. The van der Waals surface area contributed by atoms with Crippen molar-refractivity contribution >= 4 is 28.2 Å². The van der Waals surface area contributed by atoms with E-state index in [-0.39, 0.29) is 11.7 Å². The van der Waals surface area contributed by atoms with Crippen LogP contribution < -0.4 is 10.9 Å². The second-order valence-electron chi connectivity index (χ2n) is 7.76. The molecule has 146 valence electrons. The molecule has 1 saturated heterocycles. The second-order valence-corrected chi connectivity index (χ2v) is 8.14. The summed E-state index contributed by atoms with van der Waals surface area (Å²) in [6.07, 6.45) is 2.29. The third-order valence-corrected chi connectivity index (χ3v) is 5.33. The molecule has 1 aliphatic heterocycles. The summed E-state index contributed by atoms with van der Waals surface area (Å²) in [6, 6.07) is 8.03. The quantitative estimate of drug-likeness (QED) is 0.745. The van der Waals surface area contributed by atoms with E-state index in [2.05, 4.69) is 29.0 Å². The molecular formula is C21H29N3O2S. The lowest BCUT2D eigenvalue weighted by atomic mass is 10.1. The van der Waals surface area contributed by atoms with E-state index >= 15 is 0 Å². The summed E-state index contributed by atoms with van der Waals surface area (Å²) in [4.78, 5) is 17.8. The largest absolute Gasteiger partial charge is 0.376 e. The van der Waals surface area contributed by atoms with Gasteiger partial charge in [0.15, 0.2) is 5.11 Å². The van der Waals surface area contributed by atoms with Crippen molar-refractivity contribution in [1.29, 1.82) is 0 Å². The Labute approximate surface area is 166 Å². The number of H-pyrrole nitrogens is 1. The number of nitrogens with one attached hydrogen (secondary N) is 2. The van der Waals surface area contributed by atoms with Crippen molar-refractivity contribution < 1.29 is 4.74 Å². The number of aromatic amines is 1. The van der Waals surface area contributed by atoms with Gasteiger partial charge in [-0.3, -0.25) is 4.79 Å². The molecule has 0 unspecified atom stereocenters. The molecule has 1 aromatic heterocycles. The summed E-state index contributed by atoms with van der Waals surface area (Å²) in [5.74, 6) is 0.500. The molecule has 5 nitrogen and oxygen atoms in total. The minimum absolute atomic E-state index is 0.0548. The van der Waals surface area contributed by atoms with Crippen molar-refractivity contribution in [2.24, 2.45) is 5.92 Å². The molecule has 3 rings (SSSR count). The van der Waals surface area contributed by atoms with E-state index in [1.165, 1.54) is 0 Å². The Kier molecular flexibility index (Phi) is 6.50. The van der Waals surface area contributed by atoms with E-state index in [0.29, 0.717) is 24.1 Å². The Balaban J connectivity index is 1.83. The number of rotatable bonds is 6. The lowest BCUT2D eigenvalue weighted by Gasteiger charge is -2.28. The number of hydrogen-bond acceptors (Lipinski definition) is 3. The first-order chi connectivity index (χ1) is 12.9. The lowest BCUT2D eigenvalue weighted by molar-refractivity contribution is 0.0896. The molecule has 27 heavy (non-hydrogen) atoms. The first-order valence-corrected chi connectivity index (χ1v) is 10.1. The highest BCUT2D eigenvalue weighted by atomic mass is 32.1. The molecule has 1 aromatic carbocycles. The first kappa shape index (κ1) is 19.8. The van der Waals surface area contributed by atoms with E-state index in [4.69, 9.17) is 17.0 Å². The Morgan fingerprint density at radius 1 is 1.44 bits per heavy atom. The van der Waals surface area contributed by atoms with Gasteiger partial charge in [-0.25, -0.2) is 0 Å². The van der Waals surface area contributed by atoms with E-state index < -0.39 is 0 Å². The highest BCUT2D eigenvalue weighted by Gasteiger charge is 2.22. The van der Waals surface area contributed by atoms with Crippen LogP contribution in [-0.2, 0) is 11.3 Å². The van der Waals surface area contributed by atoms with Crippen molar-refractivity contribution in [2.75, 3.05) is 19.7 Å². The number of pyridine rings is 1. The maximum atomic E-state index is 12.7. The van der Waals surface area contributed by atoms with Crippen LogP contribution in [0.3, 0.4) is 0 Å². The van der Waals surface area contributed by atoms with Gasteiger partial charge < -0.3 is 19.9 Å². The van der Waals surface area contributed by atoms with Gasteiger partial charge in [-0.2, -0.15) is 0 Å². The summed E-state index contributed by atoms with van der Waals surface area (Å²) >= 11 is 5.63. The number of ether oxygens (including phenoxy) is 1. The van der Waals surface area contributed by atoms with E-state index in [0.717, 1.165) is 48.0 Å². The molecule has 0 saturated carbocycles. The fraction of sp³-hybridized carbons (Fsp3) is 0.524. The number of aryl methyl sites for hydroxylation is 1. The van der Waals surface area contributed by atoms with Gasteiger partial charge in [0, 0.05) is 25.3 Å². The fourth-order valence-electron chi connectivity index (χ4n) is 3.41. The number of hydrogen-bond donors (Lipinski definition) is 2. The number of fused-ring (bicyclic) bond motifs is 1. The molecule has 2 N–H and O–H groups in total. The third-order valence-electron chi connectivity index (χ3n) is 4.92. The zero-order valence-corrected chi connectivity index (χ0v) is 17.2. The third kappa shape index (κ3) is 5.08. The van der Waals surface area contributed by atoms with Crippen molar-refractivity contribution in [3.8, 4) is 0 Å². The average molecular weight is 388 g/mol. The Bertz CT molecular complexity index is 856. The summed E-state index contributed by atoms with van der Waals surface area (Å²) < 4.78 is 5.80. The van der Waals surface area contributed by atoms with Crippen LogP contribution in [0.5, 0.6) is 0 Å². The minimum atomic E-state index is -0.0548. The molecule has 0 bridgehead atoms. The Morgan fingerprint density at radius 3 is 2.96 bits per heavy atom. The van der Waals surface area contributed by atoms with Crippen LogP contribution in [0.2, 0.25) is 0 Å². The smallest absolute Gasteiger partial charge is 0.253 e. The van der Waals surface area contributed by atoms with Gasteiger partial charge >= 0.3 is 0 Å². The molecule has 2 aromatic rings. The van der Waals surface area contributed by atoms with Crippen LogP contribution >= 0.6 is 12.2 Å². The molecule has 0 spiro atoms. The zero-order chi connectivity index (χ0) is 19.4. The fourth-order valence-corrected chi connectivity index (χ4v) is 3.63. The second kappa shape index (κ2) is 8.85. The van der Waals surface area contributed by atoms with E-state index in [1.54, 1.807) is 0 Å². The van der Waals surface area contributed by atoms with Gasteiger partial charge in [0.25, 0.3) is 5.56 Å². The summed E-state index contributed by atoms with van der Waals surface area (Å²) in [7, 11) is 0. The van der Waals surface area contributed by atoms with Crippen molar-refractivity contribution in [3.63, 3.8) is 0 Å². The first-order valence-electron chi connectivity index (χ1n) is 9.70. The topological polar surface area (TPSA) is 57.4 Å². The molecule has 1 fully saturated rings. The molecule has 2 heterocycles. The normalized spacial score (nSPS) is 16.8. The van der Waals surface area contributed by atoms with Crippen LogP contribution in [0, 0.1) is 12.8 Å². The van der Waals surface area contributed by atoms with E-state index in [9.17, 15) is 4.79 Å². The van der Waals surface area contributed by atoms with Crippen molar-refractivity contribution in [2.45, 2.75) is 46.3 Å². The van der Waals surface area contributed by atoms with Crippen LogP contribution in [0.25, 0.3) is 10.9 Å². The van der Waals surface area contributed by atoms with Crippen LogP contribution in [0.15, 0.2) is 29.1 Å². The molecule has 1 atom stereocenters. The van der Waals surface area contributed by atoms with Gasteiger partial charge in [0.1, 0.15) is 0 Å². The van der Waals surface area contributed by atoms with Gasteiger partial charge in [-0.1, -0.05) is 32.0 Å². The van der Waals surface area contributed by atoms with Crippen molar-refractivity contribution in [1.82, 2.24) is 15.2 Å². The summed E-state index contributed by atoms with van der Waals surface area (Å²) in [5.41, 5.74) is 2.64. The van der Waals surface area contributed by atoms with Crippen LogP contribution in [-0.4, -0.2) is 40.8 Å². The minimum Gasteiger partial charge on any atom is -0.376 e. The summed E-state index contributed by atoms with van der Waals surface area (Å²) in [6.45, 7) is 9.10. The number of nitrogens with zero attached hydrogens (tertiary/aromatic N) is 1. The van der Waals surface area contributed by atoms with Gasteiger partial charge in [-0.15, -0.1) is 0 Å². The summed E-state index contributed by atoms with van der Waals surface area (Å²) in [5, 5.41) is 5.06. The number of para-hydroxylation sites is 1. The van der Waals surface area contributed by atoms with Crippen LogP contribution in [0.4, 0.5) is 0 Å². The number of benzene rings is 1. The molecule has 0 radical (unpaired) electrons. The number of thiocarbonyl (C=S) groups is 1. The lowest BCUT2D eigenvalue weighted by Crippen LogP contribution is -2.44. The SMILES string of the molecule is Cc1cccc2cc(CN(C[C@H]3CCCO3)C(=S)NCC(C)C)c(=O)[nH]c12. The van der Waals surface area contributed by atoms with Gasteiger partial charge in [0.2, 0.25) is 0 Å². The molecule has 6 heteroatoms. The molecule has 0 amide bonds.